The first kappa shape index (κ1) is 17.0. The number of rotatable bonds is 8. The fourth-order valence-corrected chi connectivity index (χ4v) is 4.73. The third kappa shape index (κ3) is 4.36. The molecule has 0 saturated carbocycles. The van der Waals surface area contributed by atoms with Crippen molar-refractivity contribution in [1.82, 2.24) is 4.90 Å². The van der Waals surface area contributed by atoms with Crippen LogP contribution in [0.5, 0.6) is 0 Å². The average Bonchev–Trinajstić information content (AvgIpc) is 2.80. The van der Waals surface area contributed by atoms with Gasteiger partial charge in [-0.15, -0.1) is 0 Å². The molecule has 1 aromatic rings. The minimum Gasteiger partial charge on any atom is -0.390 e. The second-order valence-corrected chi connectivity index (χ2v) is 7.84. The Morgan fingerprint density at radius 3 is 2.30 bits per heavy atom. The van der Waals surface area contributed by atoms with Gasteiger partial charge in [-0.25, -0.2) is 0 Å². The summed E-state index contributed by atoms with van der Waals surface area (Å²) in [6.07, 6.45) is 12.0. The number of aliphatic hydroxyl groups is 1. The van der Waals surface area contributed by atoms with Crippen LogP contribution in [0.4, 0.5) is 0 Å². The highest BCUT2D eigenvalue weighted by Crippen LogP contribution is 2.43. The molecule has 0 aliphatic carbocycles. The lowest BCUT2D eigenvalue weighted by atomic mass is 9.82. The van der Waals surface area contributed by atoms with Gasteiger partial charge in [0, 0.05) is 18.6 Å². The zero-order valence-electron chi connectivity index (χ0n) is 14.7. The maximum absolute atomic E-state index is 11.1. The smallest absolute Gasteiger partial charge is 0.0677 e. The monoisotopic (exact) mass is 315 g/mol. The molecule has 0 radical (unpaired) electrons. The van der Waals surface area contributed by atoms with E-state index in [9.17, 15) is 5.11 Å². The zero-order chi connectivity index (χ0) is 16.1. The predicted molar refractivity (Wildman–Crippen MR) is 96.4 cm³/mol. The number of unbranched alkanes of at least 4 members (excludes halogenated alkanes) is 4. The summed E-state index contributed by atoms with van der Waals surface area (Å²) in [5, 5.41) is 11.1. The van der Waals surface area contributed by atoms with E-state index < -0.39 is 0 Å². The van der Waals surface area contributed by atoms with Gasteiger partial charge in [-0.2, -0.15) is 0 Å². The number of nitrogens with zero attached hydrogens (tertiary/aromatic N) is 1. The SMILES string of the molecule is CCCCCCCC1(O)CC2CCC(C1)N2Cc1ccccc1. The van der Waals surface area contributed by atoms with Crippen molar-refractivity contribution in [3.63, 3.8) is 0 Å². The van der Waals surface area contributed by atoms with E-state index in [0.29, 0.717) is 12.1 Å². The molecule has 0 spiro atoms. The van der Waals surface area contributed by atoms with Gasteiger partial charge in [0.1, 0.15) is 0 Å². The van der Waals surface area contributed by atoms with Gasteiger partial charge in [-0.1, -0.05) is 69.4 Å². The Balaban J connectivity index is 1.52. The summed E-state index contributed by atoms with van der Waals surface area (Å²) in [7, 11) is 0. The van der Waals surface area contributed by atoms with Gasteiger partial charge in [-0.3, -0.25) is 4.90 Å². The zero-order valence-corrected chi connectivity index (χ0v) is 14.7. The minimum atomic E-state index is -0.384. The maximum Gasteiger partial charge on any atom is 0.0677 e. The van der Waals surface area contributed by atoms with Crippen molar-refractivity contribution in [3.05, 3.63) is 35.9 Å². The number of hydrogen-bond acceptors (Lipinski definition) is 2. The third-order valence-electron chi connectivity index (χ3n) is 5.96. The van der Waals surface area contributed by atoms with Gasteiger partial charge in [0.05, 0.1) is 5.60 Å². The largest absolute Gasteiger partial charge is 0.390 e. The topological polar surface area (TPSA) is 23.5 Å². The first-order valence-electron chi connectivity index (χ1n) is 9.72. The summed E-state index contributed by atoms with van der Waals surface area (Å²) < 4.78 is 0. The van der Waals surface area contributed by atoms with Gasteiger partial charge >= 0.3 is 0 Å². The highest BCUT2D eigenvalue weighted by molar-refractivity contribution is 5.16. The lowest BCUT2D eigenvalue weighted by molar-refractivity contribution is -0.0611. The van der Waals surface area contributed by atoms with E-state index in [1.165, 1.54) is 50.5 Å². The van der Waals surface area contributed by atoms with Crippen molar-refractivity contribution in [2.45, 2.75) is 95.4 Å². The van der Waals surface area contributed by atoms with E-state index in [2.05, 4.69) is 42.2 Å². The van der Waals surface area contributed by atoms with Gasteiger partial charge in [0.25, 0.3) is 0 Å². The molecule has 2 unspecified atom stereocenters. The molecule has 3 rings (SSSR count). The van der Waals surface area contributed by atoms with Crippen LogP contribution in [-0.2, 0) is 6.54 Å². The van der Waals surface area contributed by atoms with E-state index in [-0.39, 0.29) is 5.60 Å². The number of fused-ring (bicyclic) bond motifs is 2. The Hall–Kier alpha value is -0.860. The molecule has 1 N–H and O–H groups in total. The Kier molecular flexibility index (Phi) is 5.76. The Morgan fingerprint density at radius 2 is 1.65 bits per heavy atom. The molecule has 2 atom stereocenters. The second-order valence-electron chi connectivity index (χ2n) is 7.84. The predicted octanol–water partition coefficient (Wildman–Crippen LogP) is 4.91. The second kappa shape index (κ2) is 7.81. The van der Waals surface area contributed by atoms with Crippen molar-refractivity contribution in [3.8, 4) is 0 Å². The van der Waals surface area contributed by atoms with Crippen LogP contribution >= 0.6 is 0 Å². The molecule has 2 aliphatic heterocycles. The van der Waals surface area contributed by atoms with Crippen LogP contribution in [0, 0.1) is 0 Å². The fourth-order valence-electron chi connectivity index (χ4n) is 4.73. The molecule has 23 heavy (non-hydrogen) atoms. The molecule has 2 nitrogen and oxygen atoms in total. The summed E-state index contributed by atoms with van der Waals surface area (Å²) in [6, 6.07) is 12.0. The van der Waals surface area contributed by atoms with Crippen LogP contribution in [0.3, 0.4) is 0 Å². The van der Waals surface area contributed by atoms with Crippen molar-refractivity contribution in [1.29, 1.82) is 0 Å². The van der Waals surface area contributed by atoms with Gasteiger partial charge in [0.2, 0.25) is 0 Å². The standard InChI is InChI=1S/C21H33NO/c1-2-3-4-5-9-14-21(23)15-19-12-13-20(16-21)22(19)17-18-10-7-6-8-11-18/h6-8,10-11,19-20,23H,2-5,9,12-17H2,1H3. The van der Waals surface area contributed by atoms with Crippen molar-refractivity contribution < 1.29 is 5.11 Å². The molecule has 2 heteroatoms. The Labute approximate surface area is 141 Å². The molecular formula is C21H33NO. The highest BCUT2D eigenvalue weighted by atomic mass is 16.3. The lowest BCUT2D eigenvalue weighted by Crippen LogP contribution is -2.50. The average molecular weight is 316 g/mol. The minimum absolute atomic E-state index is 0.384. The fraction of sp³-hybridized carbons (Fsp3) is 0.714. The van der Waals surface area contributed by atoms with Crippen molar-refractivity contribution in [2.75, 3.05) is 0 Å². The molecule has 2 fully saturated rings. The molecule has 0 amide bonds. The van der Waals surface area contributed by atoms with E-state index in [0.717, 1.165) is 25.8 Å². The summed E-state index contributed by atoms with van der Waals surface area (Å²) in [4.78, 5) is 2.67. The highest BCUT2D eigenvalue weighted by Gasteiger charge is 2.46. The maximum atomic E-state index is 11.1. The van der Waals surface area contributed by atoms with E-state index in [4.69, 9.17) is 0 Å². The normalized spacial score (nSPS) is 30.7. The summed E-state index contributed by atoms with van der Waals surface area (Å²) in [5.41, 5.74) is 1.03. The quantitative estimate of drug-likeness (QED) is 0.689. The summed E-state index contributed by atoms with van der Waals surface area (Å²) in [5.74, 6) is 0. The first-order valence-corrected chi connectivity index (χ1v) is 9.72. The number of hydrogen-bond donors (Lipinski definition) is 1. The molecule has 2 bridgehead atoms. The summed E-state index contributed by atoms with van der Waals surface area (Å²) >= 11 is 0. The Bertz CT molecular complexity index is 458. The van der Waals surface area contributed by atoms with Crippen LogP contribution in [0.15, 0.2) is 30.3 Å². The van der Waals surface area contributed by atoms with Crippen LogP contribution in [0.2, 0.25) is 0 Å². The van der Waals surface area contributed by atoms with Crippen LogP contribution < -0.4 is 0 Å². The van der Waals surface area contributed by atoms with E-state index >= 15 is 0 Å². The molecule has 1 aromatic carbocycles. The van der Waals surface area contributed by atoms with Gasteiger partial charge in [0.15, 0.2) is 0 Å². The van der Waals surface area contributed by atoms with Crippen LogP contribution in [0.1, 0.15) is 76.7 Å². The molecule has 2 heterocycles. The number of piperidine rings is 1. The van der Waals surface area contributed by atoms with E-state index in [1.54, 1.807) is 0 Å². The molecule has 128 valence electrons. The molecular weight excluding hydrogens is 282 g/mol. The van der Waals surface area contributed by atoms with Crippen molar-refractivity contribution >= 4 is 0 Å². The van der Waals surface area contributed by atoms with Crippen LogP contribution in [0.25, 0.3) is 0 Å². The lowest BCUT2D eigenvalue weighted by Gasteiger charge is -2.44. The van der Waals surface area contributed by atoms with Gasteiger partial charge < -0.3 is 5.11 Å². The molecule has 0 aromatic heterocycles. The molecule has 2 aliphatic rings. The first-order chi connectivity index (χ1) is 11.2. The third-order valence-corrected chi connectivity index (χ3v) is 5.96. The Morgan fingerprint density at radius 1 is 1.00 bits per heavy atom. The summed E-state index contributed by atoms with van der Waals surface area (Å²) in [6.45, 7) is 3.32. The van der Waals surface area contributed by atoms with Crippen LogP contribution in [-0.4, -0.2) is 27.7 Å². The van der Waals surface area contributed by atoms with Gasteiger partial charge in [-0.05, 0) is 37.7 Å². The van der Waals surface area contributed by atoms with Crippen molar-refractivity contribution in [2.24, 2.45) is 0 Å². The molecule has 2 saturated heterocycles. The number of benzene rings is 1. The van der Waals surface area contributed by atoms with E-state index in [1.807, 2.05) is 0 Å².